The van der Waals surface area contributed by atoms with E-state index in [0.717, 1.165) is 11.4 Å². The molecule has 1 saturated heterocycles. The maximum Gasteiger partial charge on any atom is 0.246 e. The smallest absolute Gasteiger partial charge is 0.246 e. The number of aromatic nitrogens is 2. The van der Waals surface area contributed by atoms with Gasteiger partial charge < -0.3 is 9.80 Å². The van der Waals surface area contributed by atoms with Crippen LogP contribution >= 0.6 is 0 Å². The number of hydrogen-bond donors (Lipinski definition) is 0. The quantitative estimate of drug-likeness (QED) is 0.804. The van der Waals surface area contributed by atoms with Crippen molar-refractivity contribution >= 4 is 17.8 Å². The van der Waals surface area contributed by atoms with Gasteiger partial charge in [-0.3, -0.25) is 9.78 Å². The molecule has 0 radical (unpaired) electrons. The number of carbonyl (C=O) groups excluding carboxylic acids is 1. The minimum atomic E-state index is -0.0236. The number of rotatable bonds is 3. The Morgan fingerprint density at radius 2 is 2.00 bits per heavy atom. The highest BCUT2D eigenvalue weighted by Crippen LogP contribution is 2.18. The van der Waals surface area contributed by atoms with Crippen LogP contribution in [0.25, 0.3) is 6.08 Å². The van der Waals surface area contributed by atoms with Crippen molar-refractivity contribution in [1.82, 2.24) is 14.9 Å². The van der Waals surface area contributed by atoms with Crippen LogP contribution in [0.15, 0.2) is 42.6 Å². The second-order valence-electron chi connectivity index (χ2n) is 5.84. The molecular formula is C19H19N5O. The first-order chi connectivity index (χ1) is 12.2. The van der Waals surface area contributed by atoms with Gasteiger partial charge in [0.15, 0.2) is 0 Å². The van der Waals surface area contributed by atoms with E-state index in [4.69, 9.17) is 0 Å². The summed E-state index contributed by atoms with van der Waals surface area (Å²) in [5, 5.41) is 9.19. The predicted octanol–water partition coefficient (Wildman–Crippen LogP) is 2.02. The van der Waals surface area contributed by atoms with Crippen LogP contribution < -0.4 is 4.90 Å². The third-order valence-corrected chi connectivity index (χ3v) is 4.10. The summed E-state index contributed by atoms with van der Waals surface area (Å²) in [6.45, 7) is 4.45. The fraction of sp³-hybridized carbons (Fsp3) is 0.263. The van der Waals surface area contributed by atoms with Crippen LogP contribution in [0.1, 0.15) is 17.0 Å². The molecule has 25 heavy (non-hydrogen) atoms. The average Bonchev–Trinajstić information content (AvgIpc) is 2.66. The molecule has 2 aromatic heterocycles. The van der Waals surface area contributed by atoms with Gasteiger partial charge in [0.1, 0.15) is 11.9 Å². The molecule has 0 N–H and O–H groups in total. The molecule has 3 heterocycles. The van der Waals surface area contributed by atoms with Crippen LogP contribution in [0.2, 0.25) is 0 Å². The molecule has 0 aliphatic carbocycles. The van der Waals surface area contributed by atoms with E-state index in [2.05, 4.69) is 16.0 Å². The Bertz CT molecular complexity index is 832. The Morgan fingerprint density at radius 1 is 1.20 bits per heavy atom. The molecule has 0 aromatic carbocycles. The first-order valence-electron chi connectivity index (χ1n) is 8.18. The number of nitrogens with zero attached hydrogens (tertiary/aromatic N) is 5. The zero-order valence-electron chi connectivity index (χ0n) is 14.1. The molecule has 0 atom stereocenters. The van der Waals surface area contributed by atoms with Crippen LogP contribution in [-0.2, 0) is 4.79 Å². The van der Waals surface area contributed by atoms with Crippen LogP contribution in [0.3, 0.4) is 0 Å². The van der Waals surface area contributed by atoms with Gasteiger partial charge in [0.05, 0.1) is 11.3 Å². The fourth-order valence-corrected chi connectivity index (χ4v) is 2.79. The van der Waals surface area contributed by atoms with Crippen LogP contribution in [0, 0.1) is 18.3 Å². The van der Waals surface area contributed by atoms with E-state index in [9.17, 15) is 10.1 Å². The molecule has 0 unspecified atom stereocenters. The number of amides is 1. The zero-order chi connectivity index (χ0) is 17.6. The Balaban J connectivity index is 1.60. The largest absolute Gasteiger partial charge is 0.352 e. The maximum atomic E-state index is 12.3. The van der Waals surface area contributed by atoms with E-state index in [1.807, 2.05) is 30.0 Å². The number of anilines is 1. The second-order valence-corrected chi connectivity index (χ2v) is 5.84. The number of aryl methyl sites for hydroxylation is 1. The van der Waals surface area contributed by atoms with Crippen molar-refractivity contribution in [3.63, 3.8) is 0 Å². The van der Waals surface area contributed by atoms with Crippen molar-refractivity contribution in [2.75, 3.05) is 31.1 Å². The topological polar surface area (TPSA) is 73.1 Å². The summed E-state index contributed by atoms with van der Waals surface area (Å²) < 4.78 is 0. The Morgan fingerprint density at radius 3 is 2.72 bits per heavy atom. The Hall–Kier alpha value is -3.20. The number of piperazine rings is 1. The number of carbonyl (C=O) groups is 1. The monoisotopic (exact) mass is 333 g/mol. The normalized spacial score (nSPS) is 14.6. The van der Waals surface area contributed by atoms with Gasteiger partial charge in [0.2, 0.25) is 5.91 Å². The second kappa shape index (κ2) is 7.58. The van der Waals surface area contributed by atoms with Gasteiger partial charge in [0.25, 0.3) is 0 Å². The summed E-state index contributed by atoms with van der Waals surface area (Å²) in [7, 11) is 0. The summed E-state index contributed by atoms with van der Waals surface area (Å²) in [6, 6.07) is 11.4. The molecule has 0 saturated carbocycles. The van der Waals surface area contributed by atoms with Crippen molar-refractivity contribution in [1.29, 1.82) is 5.26 Å². The molecule has 1 aliphatic rings. The molecule has 0 spiro atoms. The van der Waals surface area contributed by atoms with Gasteiger partial charge in [-0.05, 0) is 37.3 Å². The minimum absolute atomic E-state index is 0.0236. The Labute approximate surface area is 147 Å². The first-order valence-corrected chi connectivity index (χ1v) is 8.18. The van der Waals surface area contributed by atoms with E-state index in [0.29, 0.717) is 37.6 Å². The SMILES string of the molecule is Cc1cccc(C=CC(=O)N2CCN(c3ncccc3C#N)CC2)n1. The standard InChI is InChI=1S/C19H19N5O/c1-15-4-2-6-17(22-15)7-8-18(25)23-10-12-24(13-11-23)19-16(14-20)5-3-9-21-19/h2-9H,10-13H2,1H3. The van der Waals surface area contributed by atoms with Gasteiger partial charge in [-0.2, -0.15) is 5.26 Å². The van der Waals surface area contributed by atoms with Gasteiger partial charge in [-0.1, -0.05) is 6.07 Å². The number of nitriles is 1. The highest BCUT2D eigenvalue weighted by Gasteiger charge is 2.22. The molecule has 1 amide bonds. The fourth-order valence-electron chi connectivity index (χ4n) is 2.79. The minimum Gasteiger partial charge on any atom is -0.352 e. The molecule has 0 bridgehead atoms. The van der Waals surface area contributed by atoms with E-state index >= 15 is 0 Å². The Kier molecular flexibility index (Phi) is 5.05. The lowest BCUT2D eigenvalue weighted by molar-refractivity contribution is -0.126. The molecular weight excluding hydrogens is 314 g/mol. The van der Waals surface area contributed by atoms with Crippen molar-refractivity contribution in [3.05, 3.63) is 59.6 Å². The van der Waals surface area contributed by atoms with Crippen LogP contribution in [0.5, 0.6) is 0 Å². The van der Waals surface area contributed by atoms with Gasteiger partial charge in [-0.25, -0.2) is 4.98 Å². The summed E-state index contributed by atoms with van der Waals surface area (Å²) >= 11 is 0. The van der Waals surface area contributed by atoms with Crippen molar-refractivity contribution in [3.8, 4) is 6.07 Å². The summed E-state index contributed by atoms with van der Waals surface area (Å²) in [5.41, 5.74) is 2.26. The third kappa shape index (κ3) is 4.01. The molecule has 1 aliphatic heterocycles. The van der Waals surface area contributed by atoms with Crippen LogP contribution in [-0.4, -0.2) is 47.0 Å². The van der Waals surface area contributed by atoms with E-state index in [-0.39, 0.29) is 5.91 Å². The lowest BCUT2D eigenvalue weighted by atomic mass is 10.2. The molecule has 3 rings (SSSR count). The first kappa shape index (κ1) is 16.7. The summed E-state index contributed by atoms with van der Waals surface area (Å²) in [6.07, 6.45) is 5.00. The third-order valence-electron chi connectivity index (χ3n) is 4.10. The van der Waals surface area contributed by atoms with Gasteiger partial charge >= 0.3 is 0 Å². The van der Waals surface area contributed by atoms with Crippen molar-refractivity contribution < 1.29 is 4.79 Å². The number of hydrogen-bond acceptors (Lipinski definition) is 5. The number of pyridine rings is 2. The zero-order valence-corrected chi connectivity index (χ0v) is 14.1. The van der Waals surface area contributed by atoms with E-state index in [1.54, 1.807) is 35.4 Å². The highest BCUT2D eigenvalue weighted by atomic mass is 16.2. The van der Waals surface area contributed by atoms with Crippen molar-refractivity contribution in [2.24, 2.45) is 0 Å². The highest BCUT2D eigenvalue weighted by molar-refractivity contribution is 5.91. The van der Waals surface area contributed by atoms with E-state index in [1.165, 1.54) is 0 Å². The lowest BCUT2D eigenvalue weighted by Crippen LogP contribution is -2.48. The molecule has 6 heteroatoms. The predicted molar refractivity (Wildman–Crippen MR) is 95.8 cm³/mol. The molecule has 1 fully saturated rings. The molecule has 126 valence electrons. The van der Waals surface area contributed by atoms with Gasteiger partial charge in [-0.15, -0.1) is 0 Å². The van der Waals surface area contributed by atoms with Gasteiger partial charge in [0, 0.05) is 44.1 Å². The summed E-state index contributed by atoms with van der Waals surface area (Å²) in [5.74, 6) is 0.668. The molecule has 6 nitrogen and oxygen atoms in total. The average molecular weight is 333 g/mol. The summed E-state index contributed by atoms with van der Waals surface area (Å²) in [4.78, 5) is 24.9. The maximum absolute atomic E-state index is 12.3. The lowest BCUT2D eigenvalue weighted by Gasteiger charge is -2.35. The molecule has 2 aromatic rings. The van der Waals surface area contributed by atoms with E-state index < -0.39 is 0 Å². The van der Waals surface area contributed by atoms with Crippen molar-refractivity contribution in [2.45, 2.75) is 6.92 Å². The van der Waals surface area contributed by atoms with Crippen LogP contribution in [0.4, 0.5) is 5.82 Å².